The molecule has 0 spiro atoms. The van der Waals surface area contributed by atoms with Gasteiger partial charge in [0.25, 0.3) is 0 Å². The quantitative estimate of drug-likeness (QED) is 0.704. The van der Waals surface area contributed by atoms with Gasteiger partial charge in [-0.15, -0.1) is 10.2 Å². The van der Waals surface area contributed by atoms with E-state index in [0.717, 1.165) is 11.0 Å². The molecule has 0 aliphatic heterocycles. The van der Waals surface area contributed by atoms with Crippen LogP contribution in [0.4, 0.5) is 5.69 Å². The zero-order chi connectivity index (χ0) is 17.6. The molecule has 1 atom stereocenters. The molecule has 4 rings (SSSR count). The topological polar surface area (TPSA) is 59.8 Å². The predicted molar refractivity (Wildman–Crippen MR) is 101 cm³/mol. The van der Waals surface area contributed by atoms with E-state index in [1.165, 1.54) is 37.4 Å². The van der Waals surface area contributed by atoms with Crippen molar-refractivity contribution in [2.24, 2.45) is 0 Å². The Kier molecular flexibility index (Phi) is 4.69. The molecule has 1 heterocycles. The van der Waals surface area contributed by atoms with Gasteiger partial charge in [0.1, 0.15) is 5.82 Å². The third kappa shape index (κ3) is 3.96. The van der Waals surface area contributed by atoms with Gasteiger partial charge in [-0.2, -0.15) is 0 Å². The second-order valence-electron chi connectivity index (χ2n) is 6.62. The molecule has 1 N–H and O–H groups in total. The lowest BCUT2D eigenvalue weighted by Crippen LogP contribution is -2.23. The van der Waals surface area contributed by atoms with E-state index in [0.29, 0.717) is 27.7 Å². The molecule has 1 aromatic heterocycles. The van der Waals surface area contributed by atoms with Gasteiger partial charge in [0.05, 0.1) is 5.25 Å². The SMILES string of the molecule is C[C@H](Sc1nnc(C2CC2)n1C1CC1)C(=O)Nc1cc(Cl)cc(Cl)c1. The van der Waals surface area contributed by atoms with E-state index in [2.05, 4.69) is 20.1 Å². The van der Waals surface area contributed by atoms with Gasteiger partial charge in [-0.25, -0.2) is 0 Å². The summed E-state index contributed by atoms with van der Waals surface area (Å²) in [4.78, 5) is 12.5. The first kappa shape index (κ1) is 17.2. The Balaban J connectivity index is 1.46. The number of aromatic nitrogens is 3. The number of benzene rings is 1. The number of nitrogens with one attached hydrogen (secondary N) is 1. The van der Waals surface area contributed by atoms with E-state index in [9.17, 15) is 4.79 Å². The molecule has 5 nitrogen and oxygen atoms in total. The molecule has 2 fully saturated rings. The summed E-state index contributed by atoms with van der Waals surface area (Å²) < 4.78 is 2.25. The molecule has 25 heavy (non-hydrogen) atoms. The van der Waals surface area contributed by atoms with Crippen molar-refractivity contribution in [1.29, 1.82) is 0 Å². The zero-order valence-corrected chi connectivity index (χ0v) is 16.0. The summed E-state index contributed by atoms with van der Waals surface area (Å²) in [6.07, 6.45) is 4.74. The largest absolute Gasteiger partial charge is 0.325 e. The van der Waals surface area contributed by atoms with Gasteiger partial charge >= 0.3 is 0 Å². The average Bonchev–Trinajstić information content (AvgIpc) is 3.45. The zero-order valence-electron chi connectivity index (χ0n) is 13.7. The molecule has 0 bridgehead atoms. The second kappa shape index (κ2) is 6.82. The fourth-order valence-electron chi connectivity index (χ4n) is 2.75. The Morgan fingerprint density at radius 2 is 1.88 bits per heavy atom. The summed E-state index contributed by atoms with van der Waals surface area (Å²) in [7, 11) is 0. The molecule has 2 aromatic rings. The van der Waals surface area contributed by atoms with Crippen molar-refractivity contribution in [3.63, 3.8) is 0 Å². The highest BCUT2D eigenvalue weighted by Crippen LogP contribution is 2.46. The standard InChI is InChI=1S/C17H18Cl2N4OS/c1-9(16(24)20-13-7-11(18)6-12(19)8-13)25-17-22-21-15(10-2-3-10)23(17)14-4-5-14/h6-10,14H,2-5H2,1H3,(H,20,24)/t9-/m0/s1. The van der Waals surface area contributed by atoms with E-state index in [1.807, 2.05) is 6.92 Å². The van der Waals surface area contributed by atoms with E-state index in [4.69, 9.17) is 23.2 Å². The maximum Gasteiger partial charge on any atom is 0.237 e. The summed E-state index contributed by atoms with van der Waals surface area (Å²) in [5.41, 5.74) is 0.595. The number of halogens is 2. The van der Waals surface area contributed by atoms with E-state index >= 15 is 0 Å². The van der Waals surface area contributed by atoms with Crippen LogP contribution in [0.2, 0.25) is 10.0 Å². The van der Waals surface area contributed by atoms with Gasteiger partial charge in [0, 0.05) is 27.7 Å². The molecular weight excluding hydrogens is 379 g/mol. The van der Waals surface area contributed by atoms with Crippen molar-refractivity contribution < 1.29 is 4.79 Å². The first-order valence-electron chi connectivity index (χ1n) is 8.39. The second-order valence-corrected chi connectivity index (χ2v) is 8.80. The van der Waals surface area contributed by atoms with Gasteiger partial charge in [-0.1, -0.05) is 35.0 Å². The monoisotopic (exact) mass is 396 g/mol. The van der Waals surface area contributed by atoms with E-state index < -0.39 is 0 Å². The van der Waals surface area contributed by atoms with E-state index in [1.54, 1.807) is 18.2 Å². The molecule has 1 aromatic carbocycles. The maximum absolute atomic E-state index is 12.5. The summed E-state index contributed by atoms with van der Waals surface area (Å²) in [6, 6.07) is 5.51. The Labute approximate surface area is 160 Å². The van der Waals surface area contributed by atoms with Crippen LogP contribution < -0.4 is 5.32 Å². The first-order chi connectivity index (χ1) is 12.0. The number of hydrogen-bond donors (Lipinski definition) is 1. The third-order valence-electron chi connectivity index (χ3n) is 4.33. The molecule has 8 heteroatoms. The van der Waals surface area contributed by atoms with Crippen LogP contribution in [0.15, 0.2) is 23.4 Å². The van der Waals surface area contributed by atoms with Crippen LogP contribution in [0, 0.1) is 0 Å². The molecule has 0 radical (unpaired) electrons. The van der Waals surface area contributed by atoms with Crippen molar-refractivity contribution in [1.82, 2.24) is 14.8 Å². The minimum Gasteiger partial charge on any atom is -0.325 e. The number of amides is 1. The van der Waals surface area contributed by atoms with Gasteiger partial charge in [0.15, 0.2) is 5.16 Å². The molecule has 0 unspecified atom stereocenters. The minimum absolute atomic E-state index is 0.110. The van der Waals surface area contributed by atoms with Crippen LogP contribution in [0.1, 0.15) is 50.4 Å². The lowest BCUT2D eigenvalue weighted by molar-refractivity contribution is -0.115. The number of hydrogen-bond acceptors (Lipinski definition) is 4. The molecule has 2 aliphatic rings. The van der Waals surface area contributed by atoms with Crippen LogP contribution in [-0.4, -0.2) is 25.9 Å². The Morgan fingerprint density at radius 3 is 2.48 bits per heavy atom. The van der Waals surface area contributed by atoms with Crippen LogP contribution in [0.3, 0.4) is 0 Å². The molecule has 2 aliphatic carbocycles. The van der Waals surface area contributed by atoms with E-state index in [-0.39, 0.29) is 11.2 Å². The lowest BCUT2D eigenvalue weighted by atomic mass is 10.3. The third-order valence-corrected chi connectivity index (χ3v) is 5.82. The fourth-order valence-corrected chi connectivity index (χ4v) is 4.20. The number of carbonyl (C=O) groups excluding carboxylic acids is 1. The van der Waals surface area contributed by atoms with Crippen molar-refractivity contribution in [2.45, 2.75) is 55.0 Å². The normalized spacial score (nSPS) is 18.2. The van der Waals surface area contributed by atoms with Gasteiger partial charge in [0.2, 0.25) is 5.91 Å². The average molecular weight is 397 g/mol. The number of nitrogens with zero attached hydrogens (tertiary/aromatic N) is 3. The summed E-state index contributed by atoms with van der Waals surface area (Å²) in [5.74, 6) is 1.54. The number of thioether (sulfide) groups is 1. The highest BCUT2D eigenvalue weighted by molar-refractivity contribution is 8.00. The van der Waals surface area contributed by atoms with Gasteiger partial charge < -0.3 is 9.88 Å². The summed E-state index contributed by atoms with van der Waals surface area (Å²) in [5, 5.41) is 13.1. The van der Waals surface area contributed by atoms with Crippen LogP contribution in [0.5, 0.6) is 0 Å². The molecular formula is C17H18Cl2N4OS. The number of anilines is 1. The molecule has 132 valence electrons. The number of carbonyl (C=O) groups is 1. The smallest absolute Gasteiger partial charge is 0.237 e. The molecule has 2 saturated carbocycles. The minimum atomic E-state index is -0.300. The lowest BCUT2D eigenvalue weighted by Gasteiger charge is -2.13. The fraction of sp³-hybridized carbons (Fsp3) is 0.471. The highest BCUT2D eigenvalue weighted by Gasteiger charge is 2.37. The van der Waals surface area contributed by atoms with Gasteiger partial charge in [-0.3, -0.25) is 4.79 Å². The van der Waals surface area contributed by atoms with Crippen molar-refractivity contribution in [2.75, 3.05) is 5.32 Å². The Bertz CT molecular complexity index is 797. The Morgan fingerprint density at radius 1 is 1.20 bits per heavy atom. The number of rotatable bonds is 6. The Hall–Kier alpha value is -1.24. The highest BCUT2D eigenvalue weighted by atomic mass is 35.5. The predicted octanol–water partition coefficient (Wildman–Crippen LogP) is 4.92. The van der Waals surface area contributed by atoms with Gasteiger partial charge in [-0.05, 0) is 50.8 Å². The van der Waals surface area contributed by atoms with Crippen LogP contribution in [0.25, 0.3) is 0 Å². The van der Waals surface area contributed by atoms with Crippen molar-refractivity contribution in [3.8, 4) is 0 Å². The summed E-state index contributed by atoms with van der Waals surface area (Å²) >= 11 is 13.4. The first-order valence-corrected chi connectivity index (χ1v) is 10.0. The summed E-state index contributed by atoms with van der Waals surface area (Å²) in [6.45, 7) is 1.87. The molecule has 1 amide bonds. The molecule has 0 saturated heterocycles. The van der Waals surface area contributed by atoms with Crippen molar-refractivity contribution in [3.05, 3.63) is 34.1 Å². The van der Waals surface area contributed by atoms with Crippen LogP contribution >= 0.6 is 35.0 Å². The van der Waals surface area contributed by atoms with Crippen molar-refractivity contribution >= 4 is 46.6 Å². The van der Waals surface area contributed by atoms with Crippen LogP contribution in [-0.2, 0) is 4.79 Å². The maximum atomic E-state index is 12.5.